The maximum absolute atomic E-state index is 11.9. The molecule has 0 aromatic carbocycles. The Labute approximate surface area is 104 Å². The molecule has 2 unspecified atom stereocenters. The highest BCUT2D eigenvalue weighted by molar-refractivity contribution is 7.86. The standard InChI is InChI=1S/C12H17NO3S/c1-9(2)11(12(14)15)17(16)7-5-10-4-3-6-13-8-10/h3-4,6,8-9,11H,5,7H2,1-2H3,(H,14,15). The molecule has 94 valence electrons. The first-order chi connectivity index (χ1) is 8.02. The Morgan fingerprint density at radius 1 is 1.53 bits per heavy atom. The van der Waals surface area contributed by atoms with E-state index in [1.165, 1.54) is 0 Å². The molecule has 1 aromatic heterocycles. The van der Waals surface area contributed by atoms with Crippen LogP contribution in [0, 0.1) is 5.92 Å². The van der Waals surface area contributed by atoms with Gasteiger partial charge in [0.2, 0.25) is 0 Å². The summed E-state index contributed by atoms with van der Waals surface area (Å²) in [4.78, 5) is 15.0. The minimum absolute atomic E-state index is 0.123. The molecule has 17 heavy (non-hydrogen) atoms. The van der Waals surface area contributed by atoms with Crippen molar-refractivity contribution in [3.05, 3.63) is 30.1 Å². The van der Waals surface area contributed by atoms with Crippen molar-refractivity contribution in [1.82, 2.24) is 4.98 Å². The van der Waals surface area contributed by atoms with E-state index in [-0.39, 0.29) is 5.92 Å². The van der Waals surface area contributed by atoms with Gasteiger partial charge in [-0.3, -0.25) is 14.0 Å². The molecule has 0 fully saturated rings. The Morgan fingerprint density at radius 3 is 2.71 bits per heavy atom. The van der Waals surface area contributed by atoms with E-state index < -0.39 is 22.0 Å². The molecule has 0 bridgehead atoms. The van der Waals surface area contributed by atoms with Gasteiger partial charge in [0.1, 0.15) is 5.25 Å². The van der Waals surface area contributed by atoms with Crippen molar-refractivity contribution < 1.29 is 14.1 Å². The number of carboxylic acid groups (broad SMARTS) is 1. The lowest BCUT2D eigenvalue weighted by atomic mass is 10.1. The summed E-state index contributed by atoms with van der Waals surface area (Å²) in [5.41, 5.74) is 0.980. The van der Waals surface area contributed by atoms with Crippen molar-refractivity contribution in [2.24, 2.45) is 5.92 Å². The van der Waals surface area contributed by atoms with E-state index in [0.717, 1.165) is 5.56 Å². The first kappa shape index (κ1) is 13.8. The van der Waals surface area contributed by atoms with Gasteiger partial charge < -0.3 is 5.11 Å². The molecule has 1 aromatic rings. The maximum Gasteiger partial charge on any atom is 0.319 e. The molecule has 4 nitrogen and oxygen atoms in total. The number of nitrogens with zero attached hydrogens (tertiary/aromatic N) is 1. The first-order valence-electron chi connectivity index (χ1n) is 5.51. The predicted octanol–water partition coefficient (Wildman–Crippen LogP) is 1.48. The highest BCUT2D eigenvalue weighted by Crippen LogP contribution is 2.11. The number of aliphatic carboxylic acids is 1. The molecule has 2 atom stereocenters. The molecule has 0 amide bonds. The zero-order chi connectivity index (χ0) is 12.8. The van der Waals surface area contributed by atoms with Crippen LogP contribution in [0.2, 0.25) is 0 Å². The molecule has 1 heterocycles. The van der Waals surface area contributed by atoms with Gasteiger partial charge in [0.25, 0.3) is 0 Å². The van der Waals surface area contributed by atoms with Crippen molar-refractivity contribution in [3.8, 4) is 0 Å². The van der Waals surface area contributed by atoms with E-state index >= 15 is 0 Å². The summed E-state index contributed by atoms with van der Waals surface area (Å²) < 4.78 is 11.9. The Kier molecular flexibility index (Phi) is 5.28. The zero-order valence-electron chi connectivity index (χ0n) is 10.00. The van der Waals surface area contributed by atoms with Crippen LogP contribution in [-0.4, -0.2) is 31.3 Å². The van der Waals surface area contributed by atoms with Crippen LogP contribution < -0.4 is 0 Å². The van der Waals surface area contributed by atoms with E-state index in [2.05, 4.69) is 4.98 Å². The van der Waals surface area contributed by atoms with Crippen LogP contribution in [0.1, 0.15) is 19.4 Å². The lowest BCUT2D eigenvalue weighted by Crippen LogP contribution is -2.32. The second kappa shape index (κ2) is 6.49. The summed E-state index contributed by atoms with van der Waals surface area (Å²) in [6.45, 7) is 3.56. The van der Waals surface area contributed by atoms with Gasteiger partial charge in [-0.25, -0.2) is 0 Å². The second-order valence-electron chi connectivity index (χ2n) is 4.20. The van der Waals surface area contributed by atoms with E-state index in [4.69, 9.17) is 5.11 Å². The van der Waals surface area contributed by atoms with E-state index in [9.17, 15) is 9.00 Å². The third-order valence-corrected chi connectivity index (χ3v) is 4.37. The van der Waals surface area contributed by atoms with Gasteiger partial charge >= 0.3 is 5.97 Å². The van der Waals surface area contributed by atoms with Crippen molar-refractivity contribution in [2.75, 3.05) is 5.75 Å². The SMILES string of the molecule is CC(C)C(C(=O)O)S(=O)CCc1cccnc1. The minimum atomic E-state index is -1.35. The number of carboxylic acids is 1. The van der Waals surface area contributed by atoms with Gasteiger partial charge in [0.15, 0.2) is 0 Å². The van der Waals surface area contributed by atoms with Gasteiger partial charge in [0.05, 0.1) is 0 Å². The number of pyridine rings is 1. The number of aromatic nitrogens is 1. The largest absolute Gasteiger partial charge is 0.480 e. The normalized spacial score (nSPS) is 14.5. The molecule has 1 rings (SSSR count). The van der Waals surface area contributed by atoms with Crippen molar-refractivity contribution in [2.45, 2.75) is 25.5 Å². The van der Waals surface area contributed by atoms with Gasteiger partial charge in [-0.1, -0.05) is 19.9 Å². The van der Waals surface area contributed by atoms with E-state index in [0.29, 0.717) is 12.2 Å². The molecular formula is C12H17NO3S. The summed E-state index contributed by atoms with van der Waals surface area (Å²) in [7, 11) is -1.35. The third kappa shape index (κ3) is 4.26. The quantitative estimate of drug-likeness (QED) is 0.836. The third-order valence-electron chi connectivity index (χ3n) is 2.45. The van der Waals surface area contributed by atoms with Crippen LogP contribution in [0.4, 0.5) is 0 Å². The fraction of sp³-hybridized carbons (Fsp3) is 0.500. The summed E-state index contributed by atoms with van der Waals surface area (Å²) >= 11 is 0. The fourth-order valence-corrected chi connectivity index (χ4v) is 3.12. The number of carbonyl (C=O) groups is 1. The molecule has 0 aliphatic heterocycles. The Morgan fingerprint density at radius 2 is 2.24 bits per heavy atom. The molecule has 0 saturated heterocycles. The van der Waals surface area contributed by atoms with Crippen LogP contribution in [-0.2, 0) is 22.0 Å². The second-order valence-corrected chi connectivity index (χ2v) is 5.88. The van der Waals surface area contributed by atoms with Crippen LogP contribution in [0.25, 0.3) is 0 Å². The monoisotopic (exact) mass is 255 g/mol. The predicted molar refractivity (Wildman–Crippen MR) is 67.2 cm³/mol. The topological polar surface area (TPSA) is 67.3 Å². The van der Waals surface area contributed by atoms with Crippen LogP contribution in [0.3, 0.4) is 0 Å². The molecule has 0 spiro atoms. The van der Waals surface area contributed by atoms with Gasteiger partial charge in [-0.2, -0.15) is 0 Å². The highest BCUT2D eigenvalue weighted by Gasteiger charge is 2.27. The van der Waals surface area contributed by atoms with Gasteiger partial charge in [0, 0.05) is 28.9 Å². The van der Waals surface area contributed by atoms with Crippen LogP contribution >= 0.6 is 0 Å². The van der Waals surface area contributed by atoms with Crippen LogP contribution in [0.15, 0.2) is 24.5 Å². The molecule has 0 aliphatic rings. The molecule has 5 heteroatoms. The smallest absolute Gasteiger partial charge is 0.319 e. The first-order valence-corrected chi connectivity index (χ1v) is 6.89. The number of aryl methyl sites for hydroxylation is 1. The van der Waals surface area contributed by atoms with Crippen molar-refractivity contribution >= 4 is 16.8 Å². The Balaban J connectivity index is 2.57. The molecule has 0 aliphatic carbocycles. The average molecular weight is 255 g/mol. The minimum Gasteiger partial charge on any atom is -0.480 e. The lowest BCUT2D eigenvalue weighted by Gasteiger charge is -2.15. The molecule has 1 N–H and O–H groups in total. The Bertz CT molecular complexity index is 392. The number of hydrogen-bond donors (Lipinski definition) is 1. The summed E-state index contributed by atoms with van der Waals surface area (Å²) in [6, 6.07) is 3.71. The summed E-state index contributed by atoms with van der Waals surface area (Å²) in [6.07, 6.45) is 3.98. The summed E-state index contributed by atoms with van der Waals surface area (Å²) in [5, 5.41) is 8.22. The van der Waals surface area contributed by atoms with Crippen molar-refractivity contribution in [3.63, 3.8) is 0 Å². The van der Waals surface area contributed by atoms with E-state index in [1.54, 1.807) is 26.2 Å². The molecule has 0 radical (unpaired) electrons. The van der Waals surface area contributed by atoms with Crippen LogP contribution in [0.5, 0.6) is 0 Å². The molecule has 0 saturated carbocycles. The maximum atomic E-state index is 11.9. The Hall–Kier alpha value is -1.23. The highest BCUT2D eigenvalue weighted by atomic mass is 32.2. The average Bonchev–Trinajstić information content (AvgIpc) is 2.27. The van der Waals surface area contributed by atoms with Gasteiger partial charge in [-0.05, 0) is 24.0 Å². The van der Waals surface area contributed by atoms with Gasteiger partial charge in [-0.15, -0.1) is 0 Å². The molecular weight excluding hydrogens is 238 g/mol. The zero-order valence-corrected chi connectivity index (χ0v) is 10.8. The van der Waals surface area contributed by atoms with Crippen molar-refractivity contribution in [1.29, 1.82) is 0 Å². The lowest BCUT2D eigenvalue weighted by molar-refractivity contribution is -0.137. The number of hydrogen-bond acceptors (Lipinski definition) is 3. The fourth-order valence-electron chi connectivity index (χ4n) is 1.59. The van der Waals surface area contributed by atoms with E-state index in [1.807, 2.05) is 12.1 Å². The number of rotatable bonds is 6. The summed E-state index contributed by atoms with van der Waals surface area (Å²) in [5.74, 6) is -0.743.